The second kappa shape index (κ2) is 15.7. The summed E-state index contributed by atoms with van der Waals surface area (Å²) in [7, 11) is 1.69. The lowest BCUT2D eigenvalue weighted by atomic mass is 9.93. The van der Waals surface area contributed by atoms with E-state index in [9.17, 15) is 0 Å². The summed E-state index contributed by atoms with van der Waals surface area (Å²) in [6.07, 6.45) is 3.83. The zero-order chi connectivity index (χ0) is 20.9. The highest BCUT2D eigenvalue weighted by Gasteiger charge is 2.17. The highest BCUT2D eigenvalue weighted by molar-refractivity contribution is 14.0. The number of rotatable bonds is 11. The van der Waals surface area contributed by atoms with Crippen LogP contribution in [0.2, 0.25) is 0 Å². The second-order valence-electron chi connectivity index (χ2n) is 7.74. The molecule has 2 N–H and O–H groups in total. The molecule has 0 bridgehead atoms. The van der Waals surface area contributed by atoms with Gasteiger partial charge in [-0.2, -0.15) is 0 Å². The van der Waals surface area contributed by atoms with Crippen molar-refractivity contribution in [2.24, 2.45) is 10.9 Å². The molecule has 0 spiro atoms. The minimum atomic E-state index is 0. The van der Waals surface area contributed by atoms with Crippen LogP contribution in [0.15, 0.2) is 23.2 Å². The van der Waals surface area contributed by atoms with Gasteiger partial charge in [-0.3, -0.25) is 0 Å². The molecule has 172 valence electrons. The van der Waals surface area contributed by atoms with Crippen molar-refractivity contribution in [1.29, 1.82) is 0 Å². The largest absolute Gasteiger partial charge is 0.491 e. The lowest BCUT2D eigenvalue weighted by molar-refractivity contribution is 0.145. The molecule has 0 unspecified atom stereocenters. The summed E-state index contributed by atoms with van der Waals surface area (Å²) in [5.74, 6) is 2.59. The van der Waals surface area contributed by atoms with Crippen LogP contribution in [0.3, 0.4) is 0 Å². The summed E-state index contributed by atoms with van der Waals surface area (Å²) in [6.45, 7) is 13.6. The van der Waals surface area contributed by atoms with E-state index in [1.165, 1.54) is 44.5 Å². The number of hydrogen-bond acceptors (Lipinski definition) is 4. The number of piperidine rings is 1. The minimum Gasteiger partial charge on any atom is -0.491 e. The van der Waals surface area contributed by atoms with Crippen molar-refractivity contribution in [3.8, 4) is 5.75 Å². The van der Waals surface area contributed by atoms with E-state index in [-0.39, 0.29) is 24.0 Å². The van der Waals surface area contributed by atoms with Crippen molar-refractivity contribution in [3.05, 3.63) is 29.3 Å². The molecular weight excluding hydrogens is 491 g/mol. The van der Waals surface area contributed by atoms with Crippen LogP contribution in [-0.2, 0) is 11.3 Å². The van der Waals surface area contributed by atoms with Gasteiger partial charge in [0.05, 0.1) is 13.2 Å². The Bertz CT molecular complexity index is 619. The predicted molar refractivity (Wildman–Crippen MR) is 136 cm³/mol. The number of nitrogens with zero attached hydrogens (tertiary/aromatic N) is 2. The number of ether oxygens (including phenoxy) is 2. The molecule has 0 radical (unpaired) electrons. The topological polar surface area (TPSA) is 58.1 Å². The Morgan fingerprint density at radius 1 is 1.17 bits per heavy atom. The number of nitrogens with one attached hydrogen (secondary N) is 2. The maximum atomic E-state index is 5.89. The number of benzene rings is 1. The Balaban J connectivity index is 0.00000450. The van der Waals surface area contributed by atoms with Crippen molar-refractivity contribution in [2.75, 3.05) is 53.0 Å². The van der Waals surface area contributed by atoms with Crippen LogP contribution in [0, 0.1) is 12.8 Å². The molecule has 0 aliphatic carbocycles. The molecule has 0 atom stereocenters. The summed E-state index contributed by atoms with van der Waals surface area (Å²) in [4.78, 5) is 7.33. The van der Waals surface area contributed by atoms with Gasteiger partial charge in [-0.25, -0.2) is 4.99 Å². The van der Waals surface area contributed by atoms with Crippen LogP contribution in [0.25, 0.3) is 0 Å². The van der Waals surface area contributed by atoms with Crippen LogP contribution in [-0.4, -0.2) is 63.9 Å². The maximum Gasteiger partial charge on any atom is 0.191 e. The second-order valence-corrected chi connectivity index (χ2v) is 7.74. The molecule has 0 aromatic heterocycles. The number of hydrogen-bond donors (Lipinski definition) is 2. The van der Waals surface area contributed by atoms with Gasteiger partial charge in [0.1, 0.15) is 12.4 Å². The standard InChI is InChI=1S/C23H40N4O2.HI/c1-5-24-23(25-12-9-20-10-13-27(6-2)14-11-20)26-18-21-8-7-19(3)17-22(21)29-16-15-28-4;/h7-8,17,20H,5-6,9-16,18H2,1-4H3,(H2,24,25,26);1H. The number of guanidine groups is 1. The molecule has 1 fully saturated rings. The average Bonchev–Trinajstić information content (AvgIpc) is 2.73. The Morgan fingerprint density at radius 2 is 1.93 bits per heavy atom. The predicted octanol–water partition coefficient (Wildman–Crippen LogP) is 3.82. The molecule has 0 saturated carbocycles. The lowest BCUT2D eigenvalue weighted by Gasteiger charge is -2.31. The van der Waals surface area contributed by atoms with Crippen molar-refractivity contribution in [1.82, 2.24) is 15.5 Å². The third kappa shape index (κ3) is 9.83. The van der Waals surface area contributed by atoms with Crippen LogP contribution >= 0.6 is 24.0 Å². The Morgan fingerprint density at radius 3 is 2.60 bits per heavy atom. The van der Waals surface area contributed by atoms with Crippen molar-refractivity contribution in [3.63, 3.8) is 0 Å². The van der Waals surface area contributed by atoms with E-state index in [1.807, 2.05) is 0 Å². The van der Waals surface area contributed by atoms with Crippen LogP contribution in [0.1, 0.15) is 44.2 Å². The fraction of sp³-hybridized carbons (Fsp3) is 0.696. The average molecular weight is 533 g/mol. The normalized spacial score (nSPS) is 15.5. The van der Waals surface area contributed by atoms with Gasteiger partial charge in [-0.05, 0) is 70.3 Å². The molecule has 30 heavy (non-hydrogen) atoms. The minimum absolute atomic E-state index is 0. The molecule has 1 aromatic rings. The zero-order valence-corrected chi connectivity index (χ0v) is 21.5. The maximum absolute atomic E-state index is 5.89. The summed E-state index contributed by atoms with van der Waals surface area (Å²) in [5.41, 5.74) is 2.28. The Hall–Kier alpha value is -1.06. The third-order valence-electron chi connectivity index (χ3n) is 5.52. The van der Waals surface area contributed by atoms with Gasteiger partial charge in [-0.1, -0.05) is 19.1 Å². The fourth-order valence-electron chi connectivity index (χ4n) is 3.65. The monoisotopic (exact) mass is 532 g/mol. The van der Waals surface area contributed by atoms with Gasteiger partial charge >= 0.3 is 0 Å². The van der Waals surface area contributed by atoms with Gasteiger partial charge in [0, 0.05) is 25.8 Å². The zero-order valence-electron chi connectivity index (χ0n) is 19.2. The molecule has 1 aromatic carbocycles. The number of likely N-dealkylation sites (tertiary alicyclic amines) is 1. The Labute approximate surface area is 200 Å². The van der Waals surface area contributed by atoms with Crippen molar-refractivity contribution in [2.45, 2.75) is 46.6 Å². The molecule has 6 nitrogen and oxygen atoms in total. The van der Waals surface area contributed by atoms with Gasteiger partial charge in [0.2, 0.25) is 0 Å². The molecule has 1 saturated heterocycles. The number of methoxy groups -OCH3 is 1. The molecular formula is C23H41IN4O2. The van der Waals surface area contributed by atoms with Gasteiger partial charge < -0.3 is 25.0 Å². The van der Waals surface area contributed by atoms with E-state index in [0.29, 0.717) is 19.8 Å². The molecule has 2 rings (SSSR count). The number of aryl methyl sites for hydroxylation is 1. The van der Waals surface area contributed by atoms with Crippen LogP contribution < -0.4 is 15.4 Å². The van der Waals surface area contributed by atoms with E-state index >= 15 is 0 Å². The summed E-state index contributed by atoms with van der Waals surface area (Å²) < 4.78 is 11.0. The number of halogens is 1. The molecule has 1 aliphatic rings. The van der Waals surface area contributed by atoms with E-state index < -0.39 is 0 Å². The first-order valence-corrected chi connectivity index (χ1v) is 11.1. The van der Waals surface area contributed by atoms with E-state index in [4.69, 9.17) is 14.5 Å². The molecule has 7 heteroatoms. The summed E-state index contributed by atoms with van der Waals surface area (Å²) >= 11 is 0. The first kappa shape index (κ1) is 27.0. The van der Waals surface area contributed by atoms with Gasteiger partial charge in [-0.15, -0.1) is 24.0 Å². The summed E-state index contributed by atoms with van der Waals surface area (Å²) in [5, 5.41) is 6.87. The van der Waals surface area contributed by atoms with Crippen molar-refractivity contribution >= 4 is 29.9 Å². The smallest absolute Gasteiger partial charge is 0.191 e. The van der Waals surface area contributed by atoms with E-state index in [1.54, 1.807) is 7.11 Å². The van der Waals surface area contributed by atoms with Crippen LogP contribution in [0.5, 0.6) is 5.75 Å². The Kier molecular flexibility index (Phi) is 14.1. The SMILES string of the molecule is CCNC(=NCc1ccc(C)cc1OCCOC)NCCC1CCN(CC)CC1.I. The van der Waals surface area contributed by atoms with Gasteiger partial charge in [0.15, 0.2) is 5.96 Å². The van der Waals surface area contributed by atoms with Crippen molar-refractivity contribution < 1.29 is 9.47 Å². The third-order valence-corrected chi connectivity index (χ3v) is 5.52. The molecule has 1 aliphatic heterocycles. The van der Waals surface area contributed by atoms with E-state index in [0.717, 1.165) is 36.3 Å². The fourth-order valence-corrected chi connectivity index (χ4v) is 3.65. The highest BCUT2D eigenvalue weighted by Crippen LogP contribution is 2.22. The van der Waals surface area contributed by atoms with Crippen LogP contribution in [0.4, 0.5) is 0 Å². The molecule has 1 heterocycles. The quantitative estimate of drug-likeness (QED) is 0.197. The first-order valence-electron chi connectivity index (χ1n) is 11.1. The highest BCUT2D eigenvalue weighted by atomic mass is 127. The summed E-state index contributed by atoms with van der Waals surface area (Å²) in [6, 6.07) is 6.28. The lowest BCUT2D eigenvalue weighted by Crippen LogP contribution is -2.39. The molecule has 0 amide bonds. The first-order chi connectivity index (χ1) is 14.2. The van der Waals surface area contributed by atoms with E-state index in [2.05, 4.69) is 54.5 Å². The number of aliphatic imine (C=N–C) groups is 1. The van der Waals surface area contributed by atoms with Gasteiger partial charge in [0.25, 0.3) is 0 Å².